The molecule has 0 aliphatic heterocycles. The Balaban J connectivity index is 1.30. The second kappa shape index (κ2) is 12.5. The molecule has 3 nitrogen and oxygen atoms in total. The van der Waals surface area contributed by atoms with Gasteiger partial charge in [-0.2, -0.15) is 0 Å². The molecule has 0 unspecified atom stereocenters. The molecule has 0 fully saturated rings. The van der Waals surface area contributed by atoms with Crippen LogP contribution in [0.1, 0.15) is 24.0 Å². The van der Waals surface area contributed by atoms with Crippen molar-refractivity contribution in [1.82, 2.24) is 5.32 Å². The van der Waals surface area contributed by atoms with Crippen molar-refractivity contribution in [2.75, 3.05) is 6.54 Å². The van der Waals surface area contributed by atoms with Gasteiger partial charge in [-0.1, -0.05) is 127 Å². The lowest BCUT2D eigenvalue weighted by molar-refractivity contribution is 0.661. The molecule has 1 aliphatic carbocycles. The molecule has 6 aromatic carbocycles. The van der Waals surface area contributed by atoms with Gasteiger partial charge in [0.15, 0.2) is 0 Å². The summed E-state index contributed by atoms with van der Waals surface area (Å²) in [5.74, 6) is 0. The second-order valence-electron chi connectivity index (χ2n) is 12.8. The molecule has 0 radical (unpaired) electrons. The summed E-state index contributed by atoms with van der Waals surface area (Å²) in [5.41, 5.74) is 12.7. The van der Waals surface area contributed by atoms with Gasteiger partial charge in [-0.05, 0) is 83.0 Å². The van der Waals surface area contributed by atoms with Crippen LogP contribution < -0.4 is 5.32 Å². The third-order valence-corrected chi connectivity index (χ3v) is 9.62. The first-order valence-electron chi connectivity index (χ1n) is 17.1. The average molecular weight is 634 g/mol. The molecule has 0 bridgehead atoms. The summed E-state index contributed by atoms with van der Waals surface area (Å²) in [5, 5.41) is 8.14. The van der Waals surface area contributed by atoms with Crippen LogP contribution in [0.5, 0.6) is 0 Å². The number of benzene rings is 6. The molecule has 3 heteroatoms. The zero-order valence-electron chi connectivity index (χ0n) is 27.2. The van der Waals surface area contributed by atoms with Gasteiger partial charge in [0.05, 0.1) is 0 Å². The van der Waals surface area contributed by atoms with Crippen molar-refractivity contribution in [2.24, 2.45) is 0 Å². The maximum atomic E-state index is 6.89. The highest BCUT2D eigenvalue weighted by molar-refractivity contribution is 6.28. The average Bonchev–Trinajstić information content (AvgIpc) is 3.73. The number of fused-ring (bicyclic) bond motifs is 7. The summed E-state index contributed by atoms with van der Waals surface area (Å²) in [6.45, 7) is 0.732. The minimum Gasteiger partial charge on any atom is -0.456 e. The van der Waals surface area contributed by atoms with Gasteiger partial charge in [0, 0.05) is 39.4 Å². The molecular formula is C46H35NO2. The van der Waals surface area contributed by atoms with Crippen molar-refractivity contribution in [3.8, 4) is 22.3 Å². The molecule has 236 valence electrons. The number of hydrogen-bond acceptors (Lipinski definition) is 3. The Morgan fingerprint density at radius 1 is 0.592 bits per heavy atom. The number of hydrogen-bond donors (Lipinski definition) is 1. The van der Waals surface area contributed by atoms with Crippen LogP contribution >= 0.6 is 0 Å². The van der Waals surface area contributed by atoms with Gasteiger partial charge in [-0.25, -0.2) is 0 Å². The fourth-order valence-corrected chi connectivity index (χ4v) is 7.14. The fraction of sp³-hybridized carbons (Fsp3) is 0.0870. The molecule has 49 heavy (non-hydrogen) atoms. The zero-order chi connectivity index (χ0) is 32.6. The van der Waals surface area contributed by atoms with E-state index >= 15 is 0 Å². The summed E-state index contributed by atoms with van der Waals surface area (Å²) >= 11 is 0. The van der Waals surface area contributed by atoms with E-state index in [1.807, 2.05) is 0 Å². The highest BCUT2D eigenvalue weighted by Gasteiger charge is 2.22. The van der Waals surface area contributed by atoms with E-state index in [1.54, 1.807) is 0 Å². The Kier molecular flexibility index (Phi) is 7.44. The molecule has 0 saturated heterocycles. The van der Waals surface area contributed by atoms with Crippen LogP contribution in [-0.4, -0.2) is 6.54 Å². The van der Waals surface area contributed by atoms with E-state index in [2.05, 4.69) is 163 Å². The fourth-order valence-electron chi connectivity index (χ4n) is 7.14. The zero-order valence-corrected chi connectivity index (χ0v) is 27.2. The highest BCUT2D eigenvalue weighted by Crippen LogP contribution is 2.44. The summed E-state index contributed by atoms with van der Waals surface area (Å²) in [4.78, 5) is 0. The maximum Gasteiger partial charge on any atom is 0.145 e. The van der Waals surface area contributed by atoms with Crippen LogP contribution in [0.2, 0.25) is 0 Å². The molecule has 2 heterocycles. The van der Waals surface area contributed by atoms with Crippen LogP contribution in [0.15, 0.2) is 172 Å². The minimum atomic E-state index is 0.732. The first-order valence-corrected chi connectivity index (χ1v) is 17.1. The van der Waals surface area contributed by atoms with E-state index in [0.29, 0.717) is 0 Å². The van der Waals surface area contributed by atoms with Crippen molar-refractivity contribution < 1.29 is 8.83 Å². The van der Waals surface area contributed by atoms with Crippen molar-refractivity contribution in [3.05, 3.63) is 174 Å². The van der Waals surface area contributed by atoms with Gasteiger partial charge in [0.1, 0.15) is 22.3 Å². The van der Waals surface area contributed by atoms with Crippen LogP contribution in [0.25, 0.3) is 71.8 Å². The van der Waals surface area contributed by atoms with Gasteiger partial charge in [-0.3, -0.25) is 0 Å². The van der Waals surface area contributed by atoms with Crippen LogP contribution in [0.4, 0.5) is 0 Å². The molecule has 1 N–H and O–H groups in total. The highest BCUT2D eigenvalue weighted by atomic mass is 16.3. The molecular weight excluding hydrogens is 599 g/mol. The maximum absolute atomic E-state index is 6.89. The molecule has 0 spiro atoms. The summed E-state index contributed by atoms with van der Waals surface area (Å²) in [6, 6.07) is 46.9. The van der Waals surface area contributed by atoms with Crippen LogP contribution in [0.3, 0.4) is 0 Å². The monoisotopic (exact) mass is 633 g/mol. The largest absolute Gasteiger partial charge is 0.456 e. The smallest absolute Gasteiger partial charge is 0.145 e. The van der Waals surface area contributed by atoms with Gasteiger partial charge in [0.2, 0.25) is 0 Å². The molecule has 0 amide bonds. The minimum absolute atomic E-state index is 0.732. The van der Waals surface area contributed by atoms with Gasteiger partial charge in [-0.15, -0.1) is 0 Å². The molecule has 0 atom stereocenters. The standard InChI is InChI=1S/C46H35NO2/c1-5-13-31(14-6-1)21-24-40(47-30-32-15-7-2-8-16-32)37-29-43-44(38-27-35(22-25-41(38)48-43)33-17-9-3-10-18-33)45-39-28-36(34-19-11-4-12-20-34)23-26-42(39)49-46(37)45/h1,3-7,9-20,22-29,47H,2,8,21,30H2/b40-24-. The van der Waals surface area contributed by atoms with E-state index in [-0.39, 0.29) is 0 Å². The van der Waals surface area contributed by atoms with Gasteiger partial charge < -0.3 is 14.2 Å². The van der Waals surface area contributed by atoms with Crippen LogP contribution in [-0.2, 0) is 6.42 Å². The SMILES string of the molecule is C1=CC(CN/C(=C\Cc2ccccc2)c2cc3oc4ccc(-c5ccccc5)cc4c3c3c2oc2ccc(-c4ccccc4)cc23)=CCC1. The lowest BCUT2D eigenvalue weighted by atomic mass is 9.96. The summed E-state index contributed by atoms with van der Waals surface area (Å²) in [7, 11) is 0. The van der Waals surface area contributed by atoms with E-state index in [4.69, 9.17) is 8.83 Å². The number of furan rings is 2. The van der Waals surface area contributed by atoms with Crippen LogP contribution in [0, 0.1) is 0 Å². The van der Waals surface area contributed by atoms with Crippen molar-refractivity contribution in [3.63, 3.8) is 0 Å². The summed E-state index contributed by atoms with van der Waals surface area (Å²) < 4.78 is 13.6. The first kappa shape index (κ1) is 29.1. The Labute approximate surface area is 285 Å². The molecule has 2 aromatic heterocycles. The van der Waals surface area contributed by atoms with E-state index in [1.165, 1.54) is 22.3 Å². The molecule has 8 aromatic rings. The third-order valence-electron chi connectivity index (χ3n) is 9.62. The quantitative estimate of drug-likeness (QED) is 0.181. The Hall–Kier alpha value is -6.06. The normalized spacial score (nSPS) is 13.5. The first-order chi connectivity index (χ1) is 24.3. The predicted octanol–water partition coefficient (Wildman–Crippen LogP) is 12.3. The van der Waals surface area contributed by atoms with Crippen molar-refractivity contribution in [1.29, 1.82) is 0 Å². The van der Waals surface area contributed by atoms with Crippen molar-refractivity contribution >= 4 is 49.6 Å². The summed E-state index contributed by atoms with van der Waals surface area (Å²) in [6.07, 6.45) is 12.1. The van der Waals surface area contributed by atoms with Gasteiger partial charge in [0.25, 0.3) is 0 Å². The van der Waals surface area contributed by atoms with E-state index < -0.39 is 0 Å². The number of nitrogens with one attached hydrogen (secondary N) is 1. The van der Waals surface area contributed by atoms with Gasteiger partial charge >= 0.3 is 0 Å². The molecule has 9 rings (SSSR count). The Bertz CT molecular complexity index is 2550. The number of rotatable bonds is 8. The third kappa shape index (κ3) is 5.54. The molecule has 0 saturated carbocycles. The van der Waals surface area contributed by atoms with E-state index in [0.717, 1.165) is 92.1 Å². The lowest BCUT2D eigenvalue weighted by Crippen LogP contribution is -2.16. The van der Waals surface area contributed by atoms with E-state index in [9.17, 15) is 0 Å². The lowest BCUT2D eigenvalue weighted by Gasteiger charge is -2.15. The number of allylic oxidation sites excluding steroid dienone is 3. The second-order valence-corrected chi connectivity index (χ2v) is 12.8. The van der Waals surface area contributed by atoms with Crippen molar-refractivity contribution in [2.45, 2.75) is 19.3 Å². The predicted molar refractivity (Wildman–Crippen MR) is 204 cm³/mol. The Morgan fingerprint density at radius 2 is 1.22 bits per heavy atom. The topological polar surface area (TPSA) is 38.3 Å². The Morgan fingerprint density at radius 3 is 1.88 bits per heavy atom. The molecule has 1 aliphatic rings.